The lowest BCUT2D eigenvalue weighted by Gasteiger charge is -2.31. The molecule has 1 aliphatic heterocycles. The van der Waals surface area contributed by atoms with Crippen LogP contribution in [0, 0.1) is 0 Å². The molecule has 0 bridgehead atoms. The molecule has 0 atom stereocenters. The summed E-state index contributed by atoms with van der Waals surface area (Å²) in [7, 11) is -2.08. The first-order chi connectivity index (χ1) is 13.3. The highest BCUT2D eigenvalue weighted by Gasteiger charge is 2.30. The lowest BCUT2D eigenvalue weighted by Crippen LogP contribution is -2.46. The number of phenols is 1. The number of aromatic hydroxyl groups is 1. The fraction of sp³-hybridized carbons (Fsp3) is 0.316. The number of hydrogen-bond acceptors (Lipinski definition) is 5. The Morgan fingerprint density at radius 3 is 2.43 bits per heavy atom. The summed E-state index contributed by atoms with van der Waals surface area (Å²) in [6, 6.07) is 10.3. The molecule has 1 amide bonds. The zero-order chi connectivity index (χ0) is 20.3. The highest BCUT2D eigenvalue weighted by Crippen LogP contribution is 2.24. The molecular formula is C19H21ClN2O5S. The normalized spacial score (nSPS) is 15.9. The van der Waals surface area contributed by atoms with E-state index < -0.39 is 15.9 Å². The number of methoxy groups -OCH3 is 1. The van der Waals surface area contributed by atoms with Crippen LogP contribution in [0.15, 0.2) is 47.4 Å². The molecule has 1 aliphatic rings. The second kappa shape index (κ2) is 8.38. The van der Waals surface area contributed by atoms with Gasteiger partial charge in [-0.1, -0.05) is 11.6 Å². The van der Waals surface area contributed by atoms with E-state index in [9.17, 15) is 18.3 Å². The van der Waals surface area contributed by atoms with Crippen molar-refractivity contribution in [3.63, 3.8) is 0 Å². The molecule has 0 unspecified atom stereocenters. The minimum Gasteiger partial charge on any atom is -0.507 e. The molecule has 0 radical (unpaired) electrons. The summed E-state index contributed by atoms with van der Waals surface area (Å²) in [5.74, 6) is 0.00233. The fourth-order valence-electron chi connectivity index (χ4n) is 3.09. The SMILES string of the molecule is COc1ccc(S(=O)(=O)N2CCC(NC(=O)c3cc(Cl)ccc3O)CC2)cc1. The fourth-order valence-corrected chi connectivity index (χ4v) is 4.73. The zero-order valence-corrected chi connectivity index (χ0v) is 16.8. The van der Waals surface area contributed by atoms with Gasteiger partial charge >= 0.3 is 0 Å². The van der Waals surface area contributed by atoms with Gasteiger partial charge in [-0.25, -0.2) is 8.42 Å². The molecule has 3 rings (SSSR count). The molecule has 1 saturated heterocycles. The van der Waals surface area contributed by atoms with Crippen LogP contribution in [0.25, 0.3) is 0 Å². The van der Waals surface area contributed by atoms with Crippen molar-refractivity contribution in [2.45, 2.75) is 23.8 Å². The van der Waals surface area contributed by atoms with Crippen LogP contribution < -0.4 is 10.1 Å². The smallest absolute Gasteiger partial charge is 0.255 e. The second-order valence-electron chi connectivity index (χ2n) is 6.49. The first-order valence-electron chi connectivity index (χ1n) is 8.75. The summed E-state index contributed by atoms with van der Waals surface area (Å²) in [5.41, 5.74) is 0.0979. The summed E-state index contributed by atoms with van der Waals surface area (Å²) < 4.78 is 32.0. The predicted molar refractivity (Wildman–Crippen MR) is 105 cm³/mol. The van der Waals surface area contributed by atoms with Gasteiger partial charge in [0.05, 0.1) is 17.6 Å². The van der Waals surface area contributed by atoms with Gasteiger partial charge in [0, 0.05) is 24.2 Å². The second-order valence-corrected chi connectivity index (χ2v) is 8.86. The van der Waals surface area contributed by atoms with Gasteiger partial charge in [-0.2, -0.15) is 4.31 Å². The number of rotatable bonds is 5. The van der Waals surface area contributed by atoms with E-state index in [1.807, 2.05) is 0 Å². The van der Waals surface area contributed by atoms with Crippen LogP contribution in [0.1, 0.15) is 23.2 Å². The number of halogens is 1. The first-order valence-corrected chi connectivity index (χ1v) is 10.6. The Morgan fingerprint density at radius 2 is 1.82 bits per heavy atom. The van der Waals surface area contributed by atoms with Crippen LogP contribution in [0.3, 0.4) is 0 Å². The van der Waals surface area contributed by atoms with Crippen molar-refractivity contribution in [1.82, 2.24) is 9.62 Å². The van der Waals surface area contributed by atoms with Gasteiger partial charge in [-0.3, -0.25) is 4.79 Å². The summed E-state index contributed by atoms with van der Waals surface area (Å²) in [5, 5.41) is 13.0. The topological polar surface area (TPSA) is 95.9 Å². The molecule has 0 aliphatic carbocycles. The van der Waals surface area contributed by atoms with Crippen molar-refractivity contribution in [1.29, 1.82) is 0 Å². The van der Waals surface area contributed by atoms with Gasteiger partial charge in [0.15, 0.2) is 0 Å². The van der Waals surface area contributed by atoms with Crippen molar-refractivity contribution in [3.05, 3.63) is 53.1 Å². The molecule has 2 N–H and O–H groups in total. The van der Waals surface area contributed by atoms with Crippen LogP contribution in [0.4, 0.5) is 0 Å². The third-order valence-electron chi connectivity index (χ3n) is 4.69. The number of piperidine rings is 1. The van der Waals surface area contributed by atoms with Gasteiger partial charge in [0.2, 0.25) is 10.0 Å². The van der Waals surface area contributed by atoms with Crippen molar-refractivity contribution in [2.75, 3.05) is 20.2 Å². The van der Waals surface area contributed by atoms with Crippen LogP contribution in [-0.4, -0.2) is 50.0 Å². The number of nitrogens with one attached hydrogen (secondary N) is 1. The number of carbonyl (C=O) groups is 1. The largest absolute Gasteiger partial charge is 0.507 e. The van der Waals surface area contributed by atoms with Gasteiger partial charge in [-0.05, 0) is 55.3 Å². The van der Waals surface area contributed by atoms with Crippen LogP contribution in [0.2, 0.25) is 5.02 Å². The molecule has 7 nitrogen and oxygen atoms in total. The number of carbonyl (C=O) groups excluding carboxylic acids is 1. The standard InChI is InChI=1S/C19H21ClN2O5S/c1-27-15-3-5-16(6-4-15)28(25,26)22-10-8-14(9-11-22)21-19(24)17-12-13(20)2-7-18(17)23/h2-7,12,14,23H,8-11H2,1H3,(H,21,24). The molecule has 150 valence electrons. The number of ether oxygens (including phenoxy) is 1. The third kappa shape index (κ3) is 4.40. The summed E-state index contributed by atoms with van der Waals surface area (Å²) in [6.07, 6.45) is 0.949. The number of nitrogens with zero attached hydrogens (tertiary/aromatic N) is 1. The van der Waals surface area contributed by atoms with E-state index in [4.69, 9.17) is 16.3 Å². The molecule has 1 fully saturated rings. The van der Waals surface area contributed by atoms with Gasteiger partial charge in [-0.15, -0.1) is 0 Å². The number of phenolic OH excluding ortho intramolecular Hbond substituents is 1. The maximum Gasteiger partial charge on any atom is 0.255 e. The predicted octanol–water partition coefficient (Wildman–Crippen LogP) is 2.64. The van der Waals surface area contributed by atoms with E-state index in [0.29, 0.717) is 36.7 Å². The van der Waals surface area contributed by atoms with Gasteiger partial charge < -0.3 is 15.2 Å². The Balaban J connectivity index is 1.62. The minimum absolute atomic E-state index is 0.0979. The molecule has 2 aromatic carbocycles. The number of hydrogen-bond donors (Lipinski definition) is 2. The lowest BCUT2D eigenvalue weighted by atomic mass is 10.1. The average Bonchev–Trinajstić information content (AvgIpc) is 2.70. The molecule has 1 heterocycles. The molecule has 28 heavy (non-hydrogen) atoms. The molecule has 9 heteroatoms. The minimum atomic E-state index is -3.60. The third-order valence-corrected chi connectivity index (χ3v) is 6.84. The van der Waals surface area contributed by atoms with E-state index in [1.165, 1.54) is 41.7 Å². The average molecular weight is 425 g/mol. The summed E-state index contributed by atoms with van der Waals surface area (Å²) in [6.45, 7) is 0.585. The summed E-state index contributed by atoms with van der Waals surface area (Å²) in [4.78, 5) is 12.6. The van der Waals surface area contributed by atoms with E-state index >= 15 is 0 Å². The van der Waals surface area contributed by atoms with Crippen molar-refractivity contribution >= 4 is 27.5 Å². The quantitative estimate of drug-likeness (QED) is 0.769. The van der Waals surface area contributed by atoms with Crippen LogP contribution >= 0.6 is 11.6 Å². The Morgan fingerprint density at radius 1 is 1.18 bits per heavy atom. The number of sulfonamides is 1. The molecule has 0 saturated carbocycles. The van der Waals surface area contributed by atoms with Gasteiger partial charge in [0.25, 0.3) is 5.91 Å². The molecule has 0 aromatic heterocycles. The molecule has 0 spiro atoms. The van der Waals surface area contributed by atoms with Crippen LogP contribution in [-0.2, 0) is 10.0 Å². The highest BCUT2D eigenvalue weighted by molar-refractivity contribution is 7.89. The Labute approximate surface area is 168 Å². The van der Waals surface area contributed by atoms with E-state index in [1.54, 1.807) is 12.1 Å². The Bertz CT molecular complexity index is 955. The van der Waals surface area contributed by atoms with E-state index in [0.717, 1.165) is 0 Å². The molecular weight excluding hydrogens is 404 g/mol. The number of amides is 1. The first kappa shape index (κ1) is 20.4. The van der Waals surface area contributed by atoms with Gasteiger partial charge in [0.1, 0.15) is 11.5 Å². The zero-order valence-electron chi connectivity index (χ0n) is 15.3. The molecule has 2 aromatic rings. The van der Waals surface area contributed by atoms with E-state index in [-0.39, 0.29) is 22.3 Å². The van der Waals surface area contributed by atoms with Crippen molar-refractivity contribution in [3.8, 4) is 11.5 Å². The monoisotopic (exact) mass is 424 g/mol. The maximum atomic E-state index is 12.8. The highest BCUT2D eigenvalue weighted by atomic mass is 35.5. The lowest BCUT2D eigenvalue weighted by molar-refractivity contribution is 0.0921. The van der Waals surface area contributed by atoms with Crippen LogP contribution in [0.5, 0.6) is 11.5 Å². The van der Waals surface area contributed by atoms with E-state index in [2.05, 4.69) is 5.32 Å². The Hall–Kier alpha value is -2.29. The van der Waals surface area contributed by atoms with Crippen molar-refractivity contribution < 1.29 is 23.1 Å². The Kier molecular flexibility index (Phi) is 6.12. The maximum absolute atomic E-state index is 12.8. The van der Waals surface area contributed by atoms with Crippen molar-refractivity contribution in [2.24, 2.45) is 0 Å². The number of benzene rings is 2. The summed E-state index contributed by atoms with van der Waals surface area (Å²) >= 11 is 5.88.